The molecule has 5 heteroatoms. The molecule has 24 heavy (non-hydrogen) atoms. The maximum atomic E-state index is 12.3. The van der Waals surface area contributed by atoms with E-state index < -0.39 is 5.76 Å². The number of carbonyl (C=O) groups excluding carboxylic acids is 1. The predicted octanol–water partition coefficient (Wildman–Crippen LogP) is 3.03. The highest BCUT2D eigenvalue weighted by Crippen LogP contribution is 2.15. The Morgan fingerprint density at radius 2 is 1.88 bits per heavy atom. The number of para-hydroxylation sites is 2. The van der Waals surface area contributed by atoms with E-state index in [1.807, 2.05) is 25.1 Å². The van der Waals surface area contributed by atoms with Crippen LogP contribution in [-0.4, -0.2) is 10.5 Å². The van der Waals surface area contributed by atoms with Crippen LogP contribution in [0.25, 0.3) is 11.1 Å². The maximum Gasteiger partial charge on any atom is 0.420 e. The Morgan fingerprint density at radius 1 is 1.17 bits per heavy atom. The van der Waals surface area contributed by atoms with Gasteiger partial charge in [-0.25, -0.2) is 4.79 Å². The van der Waals surface area contributed by atoms with Gasteiger partial charge in [0, 0.05) is 0 Å². The van der Waals surface area contributed by atoms with E-state index in [2.05, 4.69) is 24.4 Å². The van der Waals surface area contributed by atoms with E-state index in [0.29, 0.717) is 11.1 Å². The van der Waals surface area contributed by atoms with E-state index in [1.54, 1.807) is 18.2 Å². The number of carbonyl (C=O) groups is 1. The summed E-state index contributed by atoms with van der Waals surface area (Å²) < 4.78 is 6.49. The van der Waals surface area contributed by atoms with Crippen molar-refractivity contribution in [2.24, 2.45) is 0 Å². The molecular weight excluding hydrogens is 304 g/mol. The molecule has 3 rings (SSSR count). The molecule has 5 nitrogen and oxygen atoms in total. The van der Waals surface area contributed by atoms with Crippen molar-refractivity contribution in [2.45, 2.75) is 32.9 Å². The molecule has 1 N–H and O–H groups in total. The van der Waals surface area contributed by atoms with Crippen LogP contribution in [0.5, 0.6) is 0 Å². The van der Waals surface area contributed by atoms with Gasteiger partial charge in [0.25, 0.3) is 0 Å². The second-order valence-electron chi connectivity index (χ2n) is 5.81. The van der Waals surface area contributed by atoms with Crippen molar-refractivity contribution in [3.8, 4) is 0 Å². The molecular formula is C19H20N2O3. The Morgan fingerprint density at radius 3 is 2.58 bits per heavy atom. The van der Waals surface area contributed by atoms with Crippen molar-refractivity contribution in [3.05, 3.63) is 70.2 Å². The van der Waals surface area contributed by atoms with Gasteiger partial charge in [0.05, 0.1) is 11.6 Å². The van der Waals surface area contributed by atoms with Crippen molar-refractivity contribution < 1.29 is 9.21 Å². The van der Waals surface area contributed by atoms with Gasteiger partial charge >= 0.3 is 5.76 Å². The first-order valence-corrected chi connectivity index (χ1v) is 8.05. The Balaban J connectivity index is 1.72. The summed E-state index contributed by atoms with van der Waals surface area (Å²) in [4.78, 5) is 24.2. The Kier molecular flexibility index (Phi) is 4.51. The van der Waals surface area contributed by atoms with Gasteiger partial charge in [-0.05, 0) is 36.6 Å². The lowest BCUT2D eigenvalue weighted by Crippen LogP contribution is -2.32. The minimum Gasteiger partial charge on any atom is -0.408 e. The molecule has 2 aromatic carbocycles. The van der Waals surface area contributed by atoms with Gasteiger partial charge in [-0.1, -0.05) is 43.3 Å². The first-order valence-electron chi connectivity index (χ1n) is 8.05. The van der Waals surface area contributed by atoms with Gasteiger partial charge in [0.2, 0.25) is 5.91 Å². The van der Waals surface area contributed by atoms with E-state index in [0.717, 1.165) is 12.0 Å². The monoisotopic (exact) mass is 324 g/mol. The summed E-state index contributed by atoms with van der Waals surface area (Å²) in [6.07, 6.45) is 0.984. The number of hydrogen-bond donors (Lipinski definition) is 1. The molecule has 1 aromatic heterocycles. The highest BCUT2D eigenvalue weighted by atomic mass is 16.4. The van der Waals surface area contributed by atoms with Gasteiger partial charge in [-0.15, -0.1) is 0 Å². The molecule has 0 radical (unpaired) electrons. The Hall–Kier alpha value is -2.82. The van der Waals surface area contributed by atoms with Crippen LogP contribution in [0.3, 0.4) is 0 Å². The van der Waals surface area contributed by atoms with E-state index >= 15 is 0 Å². The zero-order valence-electron chi connectivity index (χ0n) is 13.8. The standard InChI is InChI=1S/C19H20N2O3/c1-3-14-8-10-15(11-9-14)13(2)20-18(22)12-21-16-6-4-5-7-17(16)24-19(21)23/h4-11,13H,3,12H2,1-2H3,(H,20,22). The van der Waals surface area contributed by atoms with Gasteiger partial charge in [0.1, 0.15) is 6.54 Å². The van der Waals surface area contributed by atoms with Crippen molar-refractivity contribution in [1.29, 1.82) is 0 Å². The Bertz CT molecular complexity index is 906. The molecule has 0 aliphatic rings. The molecule has 0 saturated heterocycles. The van der Waals surface area contributed by atoms with Gasteiger partial charge in [-0.3, -0.25) is 9.36 Å². The lowest BCUT2D eigenvalue weighted by molar-refractivity contribution is -0.122. The number of oxazole rings is 1. The minimum absolute atomic E-state index is 0.0623. The molecule has 0 aliphatic heterocycles. The highest BCUT2D eigenvalue weighted by molar-refractivity contribution is 5.79. The van der Waals surface area contributed by atoms with Crippen molar-refractivity contribution in [2.75, 3.05) is 0 Å². The zero-order chi connectivity index (χ0) is 17.1. The first-order chi connectivity index (χ1) is 11.6. The van der Waals surface area contributed by atoms with Gasteiger partial charge in [0.15, 0.2) is 5.58 Å². The van der Waals surface area contributed by atoms with Crippen molar-refractivity contribution >= 4 is 17.0 Å². The van der Waals surface area contributed by atoms with Crippen LogP contribution in [0.1, 0.15) is 31.0 Å². The number of nitrogens with one attached hydrogen (secondary N) is 1. The van der Waals surface area contributed by atoms with Crippen LogP contribution in [0.15, 0.2) is 57.7 Å². The molecule has 1 amide bonds. The summed E-state index contributed by atoms with van der Waals surface area (Å²) in [5, 5.41) is 2.92. The molecule has 1 heterocycles. The fourth-order valence-corrected chi connectivity index (χ4v) is 2.72. The molecule has 1 unspecified atom stereocenters. The average molecular weight is 324 g/mol. The third-order valence-corrected chi connectivity index (χ3v) is 4.14. The van der Waals surface area contributed by atoms with Gasteiger partial charge in [-0.2, -0.15) is 0 Å². The summed E-state index contributed by atoms with van der Waals surface area (Å²) in [6.45, 7) is 3.97. The van der Waals surface area contributed by atoms with E-state index in [-0.39, 0.29) is 18.5 Å². The van der Waals surface area contributed by atoms with Crippen LogP contribution in [0.2, 0.25) is 0 Å². The zero-order valence-corrected chi connectivity index (χ0v) is 13.8. The largest absolute Gasteiger partial charge is 0.420 e. The molecule has 0 saturated carbocycles. The number of amides is 1. The van der Waals surface area contributed by atoms with E-state index in [4.69, 9.17) is 4.42 Å². The van der Waals surface area contributed by atoms with Crippen molar-refractivity contribution in [1.82, 2.24) is 9.88 Å². The Labute approximate surface area is 139 Å². The van der Waals surface area contributed by atoms with Crippen molar-refractivity contribution in [3.63, 3.8) is 0 Å². The molecule has 0 fully saturated rings. The first kappa shape index (κ1) is 16.1. The summed E-state index contributed by atoms with van der Waals surface area (Å²) in [6, 6.07) is 15.1. The number of rotatable bonds is 5. The van der Waals surface area contributed by atoms with Crippen LogP contribution < -0.4 is 11.1 Å². The number of aromatic nitrogens is 1. The summed E-state index contributed by atoms with van der Waals surface area (Å²) in [5.74, 6) is -0.748. The quantitative estimate of drug-likeness (QED) is 0.784. The SMILES string of the molecule is CCc1ccc(C(C)NC(=O)Cn2c(=O)oc3ccccc32)cc1. The molecule has 0 bridgehead atoms. The number of nitrogens with zero attached hydrogens (tertiary/aromatic N) is 1. The van der Waals surface area contributed by atoms with E-state index in [9.17, 15) is 9.59 Å². The summed E-state index contributed by atoms with van der Waals surface area (Å²) in [7, 11) is 0. The lowest BCUT2D eigenvalue weighted by atomic mass is 10.1. The van der Waals surface area contributed by atoms with E-state index in [1.165, 1.54) is 10.1 Å². The molecule has 0 aliphatic carbocycles. The maximum absolute atomic E-state index is 12.3. The summed E-state index contributed by atoms with van der Waals surface area (Å²) >= 11 is 0. The second kappa shape index (κ2) is 6.74. The predicted molar refractivity (Wildman–Crippen MR) is 92.9 cm³/mol. The normalized spacial score (nSPS) is 12.2. The number of benzene rings is 2. The molecule has 1 atom stereocenters. The fourth-order valence-electron chi connectivity index (χ4n) is 2.72. The number of hydrogen-bond acceptors (Lipinski definition) is 3. The van der Waals surface area contributed by atoms with Gasteiger partial charge < -0.3 is 9.73 Å². The van der Waals surface area contributed by atoms with Crippen LogP contribution in [0.4, 0.5) is 0 Å². The topological polar surface area (TPSA) is 64.2 Å². The van der Waals surface area contributed by atoms with Crippen LogP contribution >= 0.6 is 0 Å². The molecule has 3 aromatic rings. The number of fused-ring (bicyclic) bond motifs is 1. The lowest BCUT2D eigenvalue weighted by Gasteiger charge is -2.15. The van der Waals surface area contributed by atoms with Crippen LogP contribution in [-0.2, 0) is 17.8 Å². The number of aryl methyl sites for hydroxylation is 1. The average Bonchev–Trinajstić information content (AvgIpc) is 2.90. The summed E-state index contributed by atoms with van der Waals surface area (Å²) in [5.41, 5.74) is 3.40. The second-order valence-corrected chi connectivity index (χ2v) is 5.81. The third-order valence-electron chi connectivity index (χ3n) is 4.14. The smallest absolute Gasteiger partial charge is 0.408 e. The van der Waals surface area contributed by atoms with Crippen LogP contribution in [0, 0.1) is 0 Å². The highest BCUT2D eigenvalue weighted by Gasteiger charge is 2.14. The minimum atomic E-state index is -0.522. The molecule has 0 spiro atoms. The third kappa shape index (κ3) is 3.25. The fraction of sp³-hybridized carbons (Fsp3) is 0.263. The molecule has 124 valence electrons.